The van der Waals surface area contributed by atoms with E-state index in [0.29, 0.717) is 17.3 Å². The summed E-state index contributed by atoms with van der Waals surface area (Å²) in [5.74, 6) is 0.430. The second-order valence-electron chi connectivity index (χ2n) is 2.26. The molecule has 64 valence electrons. The molecule has 0 aromatic carbocycles. The van der Waals surface area contributed by atoms with Gasteiger partial charge in [-0.15, -0.1) is 0 Å². The maximum atomic E-state index is 10.9. The summed E-state index contributed by atoms with van der Waals surface area (Å²) in [6.07, 6.45) is 1.99. The van der Waals surface area contributed by atoms with Crippen molar-refractivity contribution < 1.29 is 4.79 Å². The zero-order chi connectivity index (χ0) is 8.97. The molecule has 0 unspecified atom stereocenters. The van der Waals surface area contributed by atoms with Gasteiger partial charge in [0.25, 0.3) is 0 Å². The third-order valence-electron chi connectivity index (χ3n) is 1.31. The third kappa shape index (κ3) is 2.51. The summed E-state index contributed by atoms with van der Waals surface area (Å²) in [7, 11) is 0. The fraction of sp³-hybridized carbons (Fsp3) is 0.250. The van der Waals surface area contributed by atoms with Crippen LogP contribution in [0.3, 0.4) is 0 Å². The number of hydrogen-bond acceptors (Lipinski definition) is 2. The average molecular weight is 185 g/mol. The van der Waals surface area contributed by atoms with Crippen LogP contribution in [-0.4, -0.2) is 10.9 Å². The van der Waals surface area contributed by atoms with Crippen molar-refractivity contribution in [2.45, 2.75) is 13.3 Å². The second-order valence-corrected chi connectivity index (χ2v) is 2.70. The van der Waals surface area contributed by atoms with Gasteiger partial charge < -0.3 is 5.32 Å². The molecular formula is C8H9ClN2O. The molecule has 0 spiro atoms. The Morgan fingerprint density at radius 1 is 1.75 bits per heavy atom. The molecule has 0 radical (unpaired) electrons. The zero-order valence-corrected chi connectivity index (χ0v) is 7.43. The van der Waals surface area contributed by atoms with Gasteiger partial charge in [0.2, 0.25) is 5.91 Å². The van der Waals surface area contributed by atoms with Crippen molar-refractivity contribution in [1.82, 2.24) is 4.98 Å². The monoisotopic (exact) mass is 184 g/mol. The Morgan fingerprint density at radius 2 is 2.50 bits per heavy atom. The lowest BCUT2D eigenvalue weighted by Gasteiger charge is -2.01. The highest BCUT2D eigenvalue weighted by atomic mass is 35.5. The van der Waals surface area contributed by atoms with E-state index in [4.69, 9.17) is 11.6 Å². The maximum Gasteiger partial charge on any atom is 0.225 e. The van der Waals surface area contributed by atoms with Crippen LogP contribution in [0.1, 0.15) is 13.3 Å². The van der Waals surface area contributed by atoms with Crippen LogP contribution < -0.4 is 5.32 Å². The van der Waals surface area contributed by atoms with Crippen molar-refractivity contribution in [2.75, 3.05) is 5.32 Å². The van der Waals surface area contributed by atoms with Crippen molar-refractivity contribution in [3.8, 4) is 0 Å². The number of aromatic nitrogens is 1. The van der Waals surface area contributed by atoms with Gasteiger partial charge in [0, 0.05) is 17.6 Å². The molecule has 0 saturated heterocycles. The first-order valence-electron chi connectivity index (χ1n) is 3.63. The van der Waals surface area contributed by atoms with Crippen LogP contribution in [0.15, 0.2) is 18.3 Å². The number of nitrogens with one attached hydrogen (secondary N) is 1. The summed E-state index contributed by atoms with van der Waals surface area (Å²) < 4.78 is 0. The smallest absolute Gasteiger partial charge is 0.225 e. The van der Waals surface area contributed by atoms with Crippen molar-refractivity contribution in [2.24, 2.45) is 0 Å². The minimum Gasteiger partial charge on any atom is -0.311 e. The number of pyridine rings is 1. The van der Waals surface area contributed by atoms with Gasteiger partial charge in [-0.2, -0.15) is 0 Å². The first-order chi connectivity index (χ1) is 5.72. The molecule has 4 heteroatoms. The molecule has 12 heavy (non-hydrogen) atoms. The molecule has 0 saturated carbocycles. The lowest BCUT2D eigenvalue weighted by Crippen LogP contribution is -2.10. The first-order valence-corrected chi connectivity index (χ1v) is 4.01. The molecule has 0 bridgehead atoms. The number of rotatable bonds is 2. The number of amides is 1. The Labute approximate surface area is 75.8 Å². The zero-order valence-electron chi connectivity index (χ0n) is 6.67. The van der Waals surface area contributed by atoms with E-state index in [1.165, 1.54) is 0 Å². The van der Waals surface area contributed by atoms with Gasteiger partial charge in [-0.3, -0.25) is 4.79 Å². The summed E-state index contributed by atoms with van der Waals surface area (Å²) in [6.45, 7) is 1.78. The highest BCUT2D eigenvalue weighted by Gasteiger charge is 1.99. The van der Waals surface area contributed by atoms with E-state index in [0.717, 1.165) is 0 Å². The Hall–Kier alpha value is -1.09. The molecule has 0 aliphatic heterocycles. The molecule has 0 atom stereocenters. The van der Waals surface area contributed by atoms with Crippen LogP contribution in [-0.2, 0) is 4.79 Å². The molecule has 3 nitrogen and oxygen atoms in total. The van der Waals surface area contributed by atoms with Gasteiger partial charge in [0.15, 0.2) is 0 Å². The van der Waals surface area contributed by atoms with Crippen molar-refractivity contribution in [1.29, 1.82) is 0 Å². The fourth-order valence-electron chi connectivity index (χ4n) is 0.704. The number of carbonyl (C=O) groups is 1. The van der Waals surface area contributed by atoms with Crippen LogP contribution in [0.4, 0.5) is 5.82 Å². The summed E-state index contributed by atoms with van der Waals surface area (Å²) in [4.78, 5) is 14.8. The first kappa shape index (κ1) is 9.00. The fourth-order valence-corrected chi connectivity index (χ4v) is 0.864. The van der Waals surface area contributed by atoms with E-state index in [2.05, 4.69) is 10.3 Å². The Balaban J connectivity index is 2.69. The summed E-state index contributed by atoms with van der Waals surface area (Å²) in [5.41, 5.74) is 0. The molecular weight excluding hydrogens is 176 g/mol. The van der Waals surface area contributed by atoms with Gasteiger partial charge in [0.05, 0.1) is 0 Å². The van der Waals surface area contributed by atoms with Gasteiger partial charge in [-0.25, -0.2) is 4.98 Å². The lowest BCUT2D eigenvalue weighted by molar-refractivity contribution is -0.115. The molecule has 1 N–H and O–H groups in total. The van der Waals surface area contributed by atoms with E-state index < -0.39 is 0 Å². The third-order valence-corrected chi connectivity index (χ3v) is 1.55. The van der Waals surface area contributed by atoms with Crippen LogP contribution in [0, 0.1) is 0 Å². The van der Waals surface area contributed by atoms with E-state index in [1.807, 2.05) is 0 Å². The lowest BCUT2D eigenvalue weighted by atomic mass is 10.4. The van der Waals surface area contributed by atoms with E-state index in [-0.39, 0.29) is 5.91 Å². The predicted octanol–water partition coefficient (Wildman–Crippen LogP) is 2.08. The van der Waals surface area contributed by atoms with Crippen molar-refractivity contribution >= 4 is 23.3 Å². The van der Waals surface area contributed by atoms with Crippen molar-refractivity contribution in [3.63, 3.8) is 0 Å². The molecule has 1 aromatic rings. The molecule has 0 aliphatic rings. The Kier molecular flexibility index (Phi) is 3.05. The molecule has 0 aliphatic carbocycles. The van der Waals surface area contributed by atoms with Gasteiger partial charge in [-0.1, -0.05) is 18.5 Å². The minimum absolute atomic E-state index is 0.0650. The van der Waals surface area contributed by atoms with E-state index >= 15 is 0 Å². The SMILES string of the molecule is CCC(=O)Nc1cc(Cl)ccn1. The minimum atomic E-state index is -0.0650. The van der Waals surface area contributed by atoms with Gasteiger partial charge in [-0.05, 0) is 12.1 Å². The number of nitrogens with zero attached hydrogens (tertiary/aromatic N) is 1. The predicted molar refractivity (Wildman–Crippen MR) is 48.2 cm³/mol. The highest BCUT2D eigenvalue weighted by molar-refractivity contribution is 6.30. The summed E-state index contributed by atoms with van der Waals surface area (Å²) in [6, 6.07) is 3.26. The van der Waals surface area contributed by atoms with Crippen LogP contribution >= 0.6 is 11.6 Å². The molecule has 1 rings (SSSR count). The van der Waals surface area contributed by atoms with E-state index in [9.17, 15) is 4.79 Å². The molecule has 1 aromatic heterocycles. The van der Waals surface area contributed by atoms with Gasteiger partial charge >= 0.3 is 0 Å². The summed E-state index contributed by atoms with van der Waals surface area (Å²) >= 11 is 5.68. The quantitative estimate of drug-likeness (QED) is 0.765. The second kappa shape index (κ2) is 4.07. The normalized spacial score (nSPS) is 9.50. The van der Waals surface area contributed by atoms with E-state index in [1.54, 1.807) is 25.3 Å². The largest absolute Gasteiger partial charge is 0.311 e. The topological polar surface area (TPSA) is 42.0 Å². The number of hydrogen-bond donors (Lipinski definition) is 1. The number of anilines is 1. The van der Waals surface area contributed by atoms with Crippen LogP contribution in [0.5, 0.6) is 0 Å². The Bertz CT molecular complexity index is 288. The standard InChI is InChI=1S/C8H9ClN2O/c1-2-8(12)11-7-5-6(9)3-4-10-7/h3-5H,2H2,1H3,(H,10,11,12). The number of carbonyl (C=O) groups excluding carboxylic acids is 1. The van der Waals surface area contributed by atoms with Gasteiger partial charge in [0.1, 0.15) is 5.82 Å². The van der Waals surface area contributed by atoms with Crippen molar-refractivity contribution in [3.05, 3.63) is 23.4 Å². The molecule has 0 fully saturated rings. The highest BCUT2D eigenvalue weighted by Crippen LogP contribution is 2.11. The Morgan fingerprint density at radius 3 is 3.08 bits per heavy atom. The molecule has 1 heterocycles. The maximum absolute atomic E-state index is 10.9. The summed E-state index contributed by atoms with van der Waals surface area (Å²) in [5, 5.41) is 3.16. The number of halogens is 1. The average Bonchev–Trinajstić information content (AvgIpc) is 2.04. The van der Waals surface area contributed by atoms with Crippen LogP contribution in [0.25, 0.3) is 0 Å². The molecule has 1 amide bonds. The van der Waals surface area contributed by atoms with Crippen LogP contribution in [0.2, 0.25) is 5.02 Å².